The third kappa shape index (κ3) is 1.46. The monoisotopic (exact) mass is 178 g/mol. The molecule has 1 fully saturated rings. The van der Waals surface area contributed by atoms with Gasteiger partial charge in [0.05, 0.1) is 6.10 Å². The first-order chi connectivity index (χ1) is 3.88. The number of ether oxygens (including phenoxy) is 1. The molecule has 0 spiro atoms. The van der Waals surface area contributed by atoms with Gasteiger partial charge in [-0.05, 0) is 18.8 Å². The zero-order valence-corrected chi connectivity index (χ0v) is 6.65. The fraction of sp³-hybridized carbons (Fsp3) is 1.00. The SMILES string of the molecule is CO[C@H](CBr)C1CC1. The van der Waals surface area contributed by atoms with Crippen molar-refractivity contribution in [3.63, 3.8) is 0 Å². The lowest BCUT2D eigenvalue weighted by atomic mass is 10.3. The van der Waals surface area contributed by atoms with Gasteiger partial charge in [0.2, 0.25) is 0 Å². The highest BCUT2D eigenvalue weighted by Gasteiger charge is 2.29. The highest BCUT2D eigenvalue weighted by atomic mass is 79.9. The Balaban J connectivity index is 2.15. The molecule has 0 amide bonds. The van der Waals surface area contributed by atoms with E-state index in [1.165, 1.54) is 12.8 Å². The van der Waals surface area contributed by atoms with Gasteiger partial charge in [-0.15, -0.1) is 0 Å². The highest BCUT2D eigenvalue weighted by Crippen LogP contribution is 2.34. The molecule has 0 aromatic carbocycles. The van der Waals surface area contributed by atoms with Crippen molar-refractivity contribution >= 4 is 15.9 Å². The van der Waals surface area contributed by atoms with Crippen molar-refractivity contribution in [2.24, 2.45) is 5.92 Å². The van der Waals surface area contributed by atoms with Crippen LogP contribution < -0.4 is 0 Å². The number of hydrogen-bond acceptors (Lipinski definition) is 1. The predicted molar refractivity (Wildman–Crippen MR) is 37.3 cm³/mol. The van der Waals surface area contributed by atoms with E-state index >= 15 is 0 Å². The molecule has 1 saturated carbocycles. The molecule has 1 aliphatic rings. The van der Waals surface area contributed by atoms with Crippen LogP contribution in [0.3, 0.4) is 0 Å². The summed E-state index contributed by atoms with van der Waals surface area (Å²) in [5.74, 6) is 0.861. The van der Waals surface area contributed by atoms with Crippen molar-refractivity contribution in [1.29, 1.82) is 0 Å². The van der Waals surface area contributed by atoms with Crippen LogP contribution in [0, 0.1) is 5.92 Å². The van der Waals surface area contributed by atoms with Crippen LogP contribution >= 0.6 is 15.9 Å². The zero-order chi connectivity index (χ0) is 5.98. The first kappa shape index (κ1) is 6.56. The second-order valence-electron chi connectivity index (χ2n) is 2.27. The largest absolute Gasteiger partial charge is 0.380 e. The maximum Gasteiger partial charge on any atom is 0.0696 e. The van der Waals surface area contributed by atoms with Crippen molar-refractivity contribution in [1.82, 2.24) is 0 Å². The summed E-state index contributed by atoms with van der Waals surface area (Å²) in [5.41, 5.74) is 0. The third-order valence-corrected chi connectivity index (χ3v) is 2.24. The number of halogens is 1. The van der Waals surface area contributed by atoms with Crippen molar-refractivity contribution in [2.75, 3.05) is 12.4 Å². The maximum absolute atomic E-state index is 5.18. The molecule has 0 saturated heterocycles. The van der Waals surface area contributed by atoms with E-state index in [-0.39, 0.29) is 0 Å². The molecule has 0 radical (unpaired) electrons. The lowest BCUT2D eigenvalue weighted by Gasteiger charge is -2.08. The molecule has 0 unspecified atom stereocenters. The van der Waals surface area contributed by atoms with E-state index in [1.807, 2.05) is 0 Å². The van der Waals surface area contributed by atoms with E-state index < -0.39 is 0 Å². The summed E-state index contributed by atoms with van der Waals surface area (Å²) in [7, 11) is 1.78. The summed E-state index contributed by atoms with van der Waals surface area (Å²) < 4.78 is 5.18. The van der Waals surface area contributed by atoms with Crippen LogP contribution in [-0.2, 0) is 4.74 Å². The molecule has 1 atom stereocenters. The van der Waals surface area contributed by atoms with Crippen molar-refractivity contribution < 1.29 is 4.74 Å². The lowest BCUT2D eigenvalue weighted by molar-refractivity contribution is 0.105. The van der Waals surface area contributed by atoms with E-state index in [4.69, 9.17) is 4.74 Å². The Morgan fingerprint density at radius 3 is 2.50 bits per heavy atom. The molecule has 1 aliphatic carbocycles. The molecule has 48 valence electrons. The highest BCUT2D eigenvalue weighted by molar-refractivity contribution is 9.09. The minimum absolute atomic E-state index is 0.481. The van der Waals surface area contributed by atoms with Gasteiger partial charge < -0.3 is 4.74 Å². The van der Waals surface area contributed by atoms with Crippen LogP contribution in [0.15, 0.2) is 0 Å². The topological polar surface area (TPSA) is 9.23 Å². The quantitative estimate of drug-likeness (QED) is 0.600. The number of rotatable bonds is 3. The Bertz CT molecular complexity index is 66.9. The molecule has 1 rings (SSSR count). The van der Waals surface area contributed by atoms with Crippen molar-refractivity contribution in [3.05, 3.63) is 0 Å². The van der Waals surface area contributed by atoms with Crippen LogP contribution in [0.2, 0.25) is 0 Å². The Kier molecular flexibility index (Phi) is 2.32. The fourth-order valence-electron chi connectivity index (χ4n) is 0.849. The molecule has 0 bridgehead atoms. The smallest absolute Gasteiger partial charge is 0.0696 e. The Labute approximate surface area is 58.5 Å². The molecule has 2 heteroatoms. The first-order valence-corrected chi connectivity index (χ1v) is 4.09. The molecule has 0 N–H and O–H groups in total. The predicted octanol–water partition coefficient (Wildman–Crippen LogP) is 1.81. The summed E-state index contributed by atoms with van der Waals surface area (Å²) in [5, 5.41) is 0.994. The van der Waals surface area contributed by atoms with Gasteiger partial charge in [-0.25, -0.2) is 0 Å². The van der Waals surface area contributed by atoms with Crippen LogP contribution in [0.25, 0.3) is 0 Å². The minimum atomic E-state index is 0.481. The summed E-state index contributed by atoms with van der Waals surface area (Å²) in [6.07, 6.45) is 3.21. The molecule has 8 heavy (non-hydrogen) atoms. The van der Waals surface area contributed by atoms with Crippen LogP contribution in [-0.4, -0.2) is 18.5 Å². The fourth-order valence-corrected chi connectivity index (χ4v) is 1.64. The minimum Gasteiger partial charge on any atom is -0.380 e. The molecule has 0 aliphatic heterocycles. The Hall–Kier alpha value is 0.440. The Morgan fingerprint density at radius 2 is 2.38 bits per heavy atom. The number of alkyl halides is 1. The summed E-state index contributed by atoms with van der Waals surface area (Å²) in [4.78, 5) is 0. The number of hydrogen-bond donors (Lipinski definition) is 0. The lowest BCUT2D eigenvalue weighted by Crippen LogP contribution is -2.13. The number of methoxy groups -OCH3 is 1. The molecular formula is C6H11BrO. The van der Waals surface area contributed by atoms with Gasteiger partial charge in [0.15, 0.2) is 0 Å². The summed E-state index contributed by atoms with van der Waals surface area (Å²) in [6, 6.07) is 0. The second kappa shape index (κ2) is 2.83. The van der Waals surface area contributed by atoms with Gasteiger partial charge in [0, 0.05) is 12.4 Å². The third-order valence-electron chi connectivity index (χ3n) is 1.60. The molecule has 0 aromatic rings. The average molecular weight is 179 g/mol. The van der Waals surface area contributed by atoms with Gasteiger partial charge in [-0.3, -0.25) is 0 Å². The first-order valence-electron chi connectivity index (χ1n) is 2.97. The van der Waals surface area contributed by atoms with E-state index in [0.29, 0.717) is 6.10 Å². The summed E-state index contributed by atoms with van der Waals surface area (Å²) in [6.45, 7) is 0. The van der Waals surface area contributed by atoms with Crippen molar-refractivity contribution in [3.8, 4) is 0 Å². The van der Waals surface area contributed by atoms with Gasteiger partial charge in [0.1, 0.15) is 0 Å². The van der Waals surface area contributed by atoms with Gasteiger partial charge in [-0.1, -0.05) is 15.9 Å². The molecule has 1 nitrogen and oxygen atoms in total. The van der Waals surface area contributed by atoms with Gasteiger partial charge >= 0.3 is 0 Å². The van der Waals surface area contributed by atoms with Crippen molar-refractivity contribution in [2.45, 2.75) is 18.9 Å². The van der Waals surface area contributed by atoms with E-state index in [1.54, 1.807) is 7.11 Å². The van der Waals surface area contributed by atoms with Crippen LogP contribution in [0.4, 0.5) is 0 Å². The average Bonchev–Trinajstić information content (AvgIpc) is 2.53. The van der Waals surface area contributed by atoms with E-state index in [9.17, 15) is 0 Å². The zero-order valence-electron chi connectivity index (χ0n) is 5.06. The Morgan fingerprint density at radius 1 is 1.75 bits per heavy atom. The van der Waals surface area contributed by atoms with Crippen LogP contribution in [0.5, 0.6) is 0 Å². The molecular weight excluding hydrogens is 168 g/mol. The summed E-state index contributed by atoms with van der Waals surface area (Å²) >= 11 is 3.39. The van der Waals surface area contributed by atoms with E-state index in [2.05, 4.69) is 15.9 Å². The molecule has 0 aromatic heterocycles. The van der Waals surface area contributed by atoms with E-state index in [0.717, 1.165) is 11.2 Å². The van der Waals surface area contributed by atoms with Gasteiger partial charge in [0.25, 0.3) is 0 Å². The van der Waals surface area contributed by atoms with Crippen LogP contribution in [0.1, 0.15) is 12.8 Å². The second-order valence-corrected chi connectivity index (χ2v) is 2.91. The standard InChI is InChI=1S/C6H11BrO/c1-8-6(4-7)5-2-3-5/h5-6H,2-4H2,1H3/t6-/m1/s1. The van der Waals surface area contributed by atoms with Gasteiger partial charge in [-0.2, -0.15) is 0 Å². The normalized spacial score (nSPS) is 23.2. The maximum atomic E-state index is 5.18. The molecule has 0 heterocycles.